The van der Waals surface area contributed by atoms with E-state index in [0.29, 0.717) is 12.3 Å². The first-order valence-electron chi connectivity index (χ1n) is 7.22. The number of anilines is 1. The summed E-state index contributed by atoms with van der Waals surface area (Å²) in [7, 11) is 0. The first-order valence-corrected chi connectivity index (χ1v) is 7.22. The van der Waals surface area contributed by atoms with E-state index in [-0.39, 0.29) is 5.91 Å². The van der Waals surface area contributed by atoms with Crippen molar-refractivity contribution in [3.8, 4) is 0 Å². The summed E-state index contributed by atoms with van der Waals surface area (Å²) in [6.45, 7) is 5.69. The molecule has 0 atom stereocenters. The number of primary amides is 1. The van der Waals surface area contributed by atoms with E-state index in [9.17, 15) is 4.79 Å². The van der Waals surface area contributed by atoms with Gasteiger partial charge in [0.2, 0.25) is 5.91 Å². The lowest BCUT2D eigenvalue weighted by Gasteiger charge is -2.31. The standard InChI is InChI=1S/C14H23N5O/c1-2-16-14-9-17-12(8-18-14)10-19-5-3-11(4-6-19)7-13(15)20/h8-9,11H,2-7,10H2,1H3,(H2,15,20)(H,16,18). The summed E-state index contributed by atoms with van der Waals surface area (Å²) in [4.78, 5) is 22.0. The summed E-state index contributed by atoms with van der Waals surface area (Å²) in [6.07, 6.45) is 6.19. The van der Waals surface area contributed by atoms with Crippen molar-refractivity contribution in [1.82, 2.24) is 14.9 Å². The molecule has 0 bridgehead atoms. The second kappa shape index (κ2) is 7.19. The lowest BCUT2D eigenvalue weighted by atomic mass is 9.93. The van der Waals surface area contributed by atoms with Crippen molar-refractivity contribution in [3.63, 3.8) is 0 Å². The normalized spacial score (nSPS) is 17.1. The Bertz CT molecular complexity index is 426. The lowest BCUT2D eigenvalue weighted by Crippen LogP contribution is -2.34. The fraction of sp³-hybridized carbons (Fsp3) is 0.643. The van der Waals surface area contributed by atoms with Gasteiger partial charge < -0.3 is 11.1 Å². The second-order valence-electron chi connectivity index (χ2n) is 5.31. The van der Waals surface area contributed by atoms with E-state index in [1.807, 2.05) is 13.1 Å². The predicted molar refractivity (Wildman–Crippen MR) is 78.0 cm³/mol. The van der Waals surface area contributed by atoms with Crippen LogP contribution >= 0.6 is 0 Å². The Morgan fingerprint density at radius 3 is 2.70 bits per heavy atom. The van der Waals surface area contributed by atoms with Crippen LogP contribution in [0, 0.1) is 5.92 Å². The number of piperidine rings is 1. The maximum atomic E-state index is 10.9. The highest BCUT2D eigenvalue weighted by atomic mass is 16.1. The van der Waals surface area contributed by atoms with Gasteiger partial charge in [-0.15, -0.1) is 0 Å². The predicted octanol–water partition coefficient (Wildman–Crippen LogP) is 0.996. The van der Waals surface area contributed by atoms with Gasteiger partial charge in [-0.25, -0.2) is 4.98 Å². The van der Waals surface area contributed by atoms with Crippen LogP contribution in [-0.2, 0) is 11.3 Å². The molecule has 1 aliphatic heterocycles. The molecule has 1 aliphatic rings. The van der Waals surface area contributed by atoms with Crippen LogP contribution < -0.4 is 11.1 Å². The van der Waals surface area contributed by atoms with Crippen LogP contribution in [0.1, 0.15) is 31.9 Å². The van der Waals surface area contributed by atoms with Crippen molar-refractivity contribution in [2.45, 2.75) is 32.7 Å². The number of nitrogens with one attached hydrogen (secondary N) is 1. The molecule has 0 aliphatic carbocycles. The molecule has 0 aromatic carbocycles. The third-order valence-electron chi connectivity index (χ3n) is 3.65. The van der Waals surface area contributed by atoms with Gasteiger partial charge in [0, 0.05) is 19.5 Å². The molecule has 1 fully saturated rings. The summed E-state index contributed by atoms with van der Waals surface area (Å²) in [5, 5.41) is 3.13. The Labute approximate surface area is 119 Å². The Morgan fingerprint density at radius 1 is 1.40 bits per heavy atom. The zero-order chi connectivity index (χ0) is 14.4. The van der Waals surface area contributed by atoms with Crippen molar-refractivity contribution < 1.29 is 4.79 Å². The number of hydrogen-bond donors (Lipinski definition) is 2. The van der Waals surface area contributed by atoms with Crippen LogP contribution in [-0.4, -0.2) is 40.4 Å². The average Bonchev–Trinajstić information content (AvgIpc) is 2.43. The molecule has 3 N–H and O–H groups in total. The van der Waals surface area contributed by atoms with Crippen molar-refractivity contribution in [2.24, 2.45) is 11.7 Å². The molecule has 1 aromatic heterocycles. The molecule has 0 unspecified atom stereocenters. The number of nitrogens with zero attached hydrogens (tertiary/aromatic N) is 3. The van der Waals surface area contributed by atoms with Gasteiger partial charge in [0.15, 0.2) is 0 Å². The molecule has 6 heteroatoms. The number of amides is 1. The van der Waals surface area contributed by atoms with Crippen molar-refractivity contribution >= 4 is 11.7 Å². The minimum Gasteiger partial charge on any atom is -0.370 e. The Balaban J connectivity index is 1.78. The van der Waals surface area contributed by atoms with Crippen molar-refractivity contribution in [3.05, 3.63) is 18.1 Å². The summed E-state index contributed by atoms with van der Waals surface area (Å²) in [6, 6.07) is 0. The summed E-state index contributed by atoms with van der Waals surface area (Å²) in [5.41, 5.74) is 6.23. The molecule has 0 radical (unpaired) electrons. The highest BCUT2D eigenvalue weighted by Crippen LogP contribution is 2.21. The molecule has 20 heavy (non-hydrogen) atoms. The molecular weight excluding hydrogens is 254 g/mol. The van der Waals surface area contributed by atoms with E-state index in [2.05, 4.69) is 20.2 Å². The van der Waals surface area contributed by atoms with Gasteiger partial charge in [0.05, 0.1) is 18.1 Å². The summed E-state index contributed by atoms with van der Waals surface area (Å²) >= 11 is 0. The first-order chi connectivity index (χ1) is 9.67. The maximum absolute atomic E-state index is 10.9. The van der Waals surface area contributed by atoms with Gasteiger partial charge in [0.25, 0.3) is 0 Å². The van der Waals surface area contributed by atoms with E-state index in [0.717, 1.165) is 50.5 Å². The number of carbonyl (C=O) groups excluding carboxylic acids is 1. The number of carbonyl (C=O) groups is 1. The Kier molecular flexibility index (Phi) is 5.29. The number of nitrogens with two attached hydrogens (primary N) is 1. The van der Waals surface area contributed by atoms with Crippen LogP contribution in [0.15, 0.2) is 12.4 Å². The molecule has 6 nitrogen and oxygen atoms in total. The quantitative estimate of drug-likeness (QED) is 0.810. The fourth-order valence-electron chi connectivity index (χ4n) is 2.57. The monoisotopic (exact) mass is 277 g/mol. The van der Waals surface area contributed by atoms with Gasteiger partial charge in [0.1, 0.15) is 5.82 Å². The first kappa shape index (κ1) is 14.7. The molecular formula is C14H23N5O. The van der Waals surface area contributed by atoms with Crippen LogP contribution in [0.5, 0.6) is 0 Å². The van der Waals surface area contributed by atoms with Gasteiger partial charge in [-0.05, 0) is 38.8 Å². The smallest absolute Gasteiger partial charge is 0.217 e. The molecule has 2 heterocycles. The third kappa shape index (κ3) is 4.45. The highest BCUT2D eigenvalue weighted by Gasteiger charge is 2.20. The number of rotatable bonds is 6. The molecule has 1 saturated heterocycles. The minimum atomic E-state index is -0.187. The third-order valence-corrected chi connectivity index (χ3v) is 3.65. The number of likely N-dealkylation sites (tertiary alicyclic amines) is 1. The van der Waals surface area contributed by atoms with Crippen LogP contribution in [0.3, 0.4) is 0 Å². The number of aromatic nitrogens is 2. The zero-order valence-corrected chi connectivity index (χ0v) is 12.0. The molecule has 1 aromatic rings. The molecule has 110 valence electrons. The van der Waals surface area contributed by atoms with Gasteiger partial charge >= 0.3 is 0 Å². The van der Waals surface area contributed by atoms with E-state index in [1.165, 1.54) is 0 Å². The highest BCUT2D eigenvalue weighted by molar-refractivity contribution is 5.73. The van der Waals surface area contributed by atoms with Crippen molar-refractivity contribution in [1.29, 1.82) is 0 Å². The van der Waals surface area contributed by atoms with E-state index < -0.39 is 0 Å². The van der Waals surface area contributed by atoms with E-state index in [4.69, 9.17) is 5.73 Å². The SMILES string of the molecule is CCNc1cnc(CN2CCC(CC(N)=O)CC2)cn1. The molecule has 1 amide bonds. The fourth-order valence-corrected chi connectivity index (χ4v) is 2.57. The zero-order valence-electron chi connectivity index (χ0n) is 12.0. The van der Waals surface area contributed by atoms with Gasteiger partial charge in [-0.2, -0.15) is 0 Å². The minimum absolute atomic E-state index is 0.187. The summed E-state index contributed by atoms with van der Waals surface area (Å²) in [5.74, 6) is 1.08. The summed E-state index contributed by atoms with van der Waals surface area (Å²) < 4.78 is 0. The maximum Gasteiger partial charge on any atom is 0.217 e. The lowest BCUT2D eigenvalue weighted by molar-refractivity contribution is -0.119. The molecule has 2 rings (SSSR count). The van der Waals surface area contributed by atoms with Gasteiger partial charge in [-0.3, -0.25) is 14.7 Å². The topological polar surface area (TPSA) is 84.1 Å². The van der Waals surface area contributed by atoms with Crippen LogP contribution in [0.2, 0.25) is 0 Å². The van der Waals surface area contributed by atoms with E-state index >= 15 is 0 Å². The Hall–Kier alpha value is -1.69. The second-order valence-corrected chi connectivity index (χ2v) is 5.31. The average molecular weight is 277 g/mol. The Morgan fingerprint density at radius 2 is 2.15 bits per heavy atom. The molecule has 0 spiro atoms. The van der Waals surface area contributed by atoms with E-state index in [1.54, 1.807) is 6.20 Å². The largest absolute Gasteiger partial charge is 0.370 e. The molecule has 0 saturated carbocycles. The van der Waals surface area contributed by atoms with Crippen LogP contribution in [0.25, 0.3) is 0 Å². The number of hydrogen-bond acceptors (Lipinski definition) is 5. The van der Waals surface area contributed by atoms with Gasteiger partial charge in [-0.1, -0.05) is 0 Å². The van der Waals surface area contributed by atoms with Crippen molar-refractivity contribution in [2.75, 3.05) is 25.0 Å². The van der Waals surface area contributed by atoms with Crippen LogP contribution in [0.4, 0.5) is 5.82 Å².